The number of carbonyl (C=O) groups is 1. The lowest BCUT2D eigenvalue weighted by Crippen LogP contribution is -2.31. The standard InChI is InChI=1S/C25H28NO2S/c1-3-19-26(20-25(27)28-4-2)21-15-17-24(18-16-21)29(22-11-7-5-8-12-22)23-13-9-6-10-14-23/h5-18H,3-4,19-20H2,1-2H3/q+1. The third-order valence-corrected chi connectivity index (χ3v) is 6.74. The number of nitrogens with zero attached hydrogens (tertiary/aromatic N) is 1. The number of ether oxygens (including phenoxy) is 1. The Labute approximate surface area is 176 Å². The molecule has 0 saturated carbocycles. The van der Waals surface area contributed by atoms with Gasteiger partial charge in [-0.3, -0.25) is 4.79 Å². The number of esters is 1. The quantitative estimate of drug-likeness (QED) is 0.344. The molecule has 0 aliphatic heterocycles. The van der Waals surface area contributed by atoms with Crippen molar-refractivity contribution in [1.82, 2.24) is 0 Å². The highest BCUT2D eigenvalue weighted by molar-refractivity contribution is 7.97. The Balaban J connectivity index is 1.90. The Morgan fingerprint density at radius 2 is 1.31 bits per heavy atom. The summed E-state index contributed by atoms with van der Waals surface area (Å²) in [6.07, 6.45) is 0.972. The Kier molecular flexibility index (Phi) is 7.77. The highest BCUT2D eigenvalue weighted by atomic mass is 32.2. The van der Waals surface area contributed by atoms with Crippen molar-refractivity contribution in [1.29, 1.82) is 0 Å². The SMILES string of the molecule is CCCN(CC(=O)OCC)c1ccc([S+](c2ccccc2)c2ccccc2)cc1. The molecule has 150 valence electrons. The molecule has 3 nitrogen and oxygen atoms in total. The maximum absolute atomic E-state index is 12.0. The second-order valence-corrected chi connectivity index (χ2v) is 8.68. The van der Waals surface area contributed by atoms with E-state index < -0.39 is 0 Å². The van der Waals surface area contributed by atoms with Crippen molar-refractivity contribution in [2.24, 2.45) is 0 Å². The zero-order valence-electron chi connectivity index (χ0n) is 17.1. The van der Waals surface area contributed by atoms with Gasteiger partial charge in [-0.05, 0) is 61.9 Å². The lowest BCUT2D eigenvalue weighted by Gasteiger charge is -2.23. The van der Waals surface area contributed by atoms with E-state index in [0.717, 1.165) is 18.7 Å². The van der Waals surface area contributed by atoms with Crippen LogP contribution in [0.2, 0.25) is 0 Å². The van der Waals surface area contributed by atoms with Crippen LogP contribution < -0.4 is 4.90 Å². The van der Waals surface area contributed by atoms with E-state index in [1.807, 2.05) is 6.92 Å². The molecule has 29 heavy (non-hydrogen) atoms. The molecule has 3 rings (SSSR count). The van der Waals surface area contributed by atoms with E-state index in [-0.39, 0.29) is 23.4 Å². The molecule has 0 saturated heterocycles. The molecule has 0 aliphatic rings. The first-order chi connectivity index (χ1) is 14.2. The van der Waals surface area contributed by atoms with Crippen molar-refractivity contribution in [3.05, 3.63) is 84.9 Å². The predicted molar refractivity (Wildman–Crippen MR) is 121 cm³/mol. The van der Waals surface area contributed by atoms with E-state index in [1.54, 1.807) is 0 Å². The fourth-order valence-electron chi connectivity index (χ4n) is 3.25. The van der Waals surface area contributed by atoms with E-state index in [4.69, 9.17) is 4.74 Å². The monoisotopic (exact) mass is 406 g/mol. The summed E-state index contributed by atoms with van der Waals surface area (Å²) in [6, 6.07) is 29.8. The van der Waals surface area contributed by atoms with Gasteiger partial charge in [0.2, 0.25) is 0 Å². The number of hydrogen-bond donors (Lipinski definition) is 0. The van der Waals surface area contributed by atoms with Crippen LogP contribution in [0.5, 0.6) is 0 Å². The second-order valence-electron chi connectivity index (χ2n) is 6.65. The summed E-state index contributed by atoms with van der Waals surface area (Å²) in [5, 5.41) is 0. The van der Waals surface area contributed by atoms with Crippen molar-refractivity contribution in [2.75, 3.05) is 24.6 Å². The van der Waals surface area contributed by atoms with E-state index in [1.165, 1.54) is 14.7 Å². The van der Waals surface area contributed by atoms with Crippen LogP contribution in [0, 0.1) is 0 Å². The average molecular weight is 407 g/mol. The molecule has 0 bridgehead atoms. The van der Waals surface area contributed by atoms with Gasteiger partial charge in [0, 0.05) is 12.2 Å². The van der Waals surface area contributed by atoms with Crippen LogP contribution in [0.3, 0.4) is 0 Å². The lowest BCUT2D eigenvalue weighted by molar-refractivity contribution is -0.141. The molecule has 0 aliphatic carbocycles. The fourth-order valence-corrected chi connectivity index (χ4v) is 5.33. The molecule has 0 heterocycles. The summed E-state index contributed by atoms with van der Waals surface area (Å²) in [6.45, 7) is 5.47. The third kappa shape index (κ3) is 5.64. The van der Waals surface area contributed by atoms with Gasteiger partial charge in [0.05, 0.1) is 17.5 Å². The molecule has 0 fully saturated rings. The van der Waals surface area contributed by atoms with Crippen LogP contribution in [-0.4, -0.2) is 25.7 Å². The molecule has 0 atom stereocenters. The molecule has 3 aromatic rings. The molecule has 0 radical (unpaired) electrons. The maximum Gasteiger partial charge on any atom is 0.325 e. The molecule has 3 aromatic carbocycles. The molecule has 0 unspecified atom stereocenters. The summed E-state index contributed by atoms with van der Waals surface area (Å²) < 4.78 is 5.14. The van der Waals surface area contributed by atoms with Crippen LogP contribution in [-0.2, 0) is 20.4 Å². The Morgan fingerprint density at radius 3 is 1.79 bits per heavy atom. The van der Waals surface area contributed by atoms with E-state index in [9.17, 15) is 4.79 Å². The summed E-state index contributed by atoms with van der Waals surface area (Å²) >= 11 is 0. The number of carbonyl (C=O) groups excluding carboxylic acids is 1. The van der Waals surface area contributed by atoms with Gasteiger partial charge >= 0.3 is 5.97 Å². The summed E-state index contributed by atoms with van der Waals surface area (Å²) in [5.41, 5.74) is 1.05. The van der Waals surface area contributed by atoms with Crippen LogP contribution in [0.15, 0.2) is 99.6 Å². The highest BCUT2D eigenvalue weighted by Crippen LogP contribution is 2.32. The van der Waals surface area contributed by atoms with Gasteiger partial charge < -0.3 is 9.64 Å². The van der Waals surface area contributed by atoms with Crippen LogP contribution in [0.1, 0.15) is 20.3 Å². The molecular formula is C25H28NO2S+. The smallest absolute Gasteiger partial charge is 0.325 e. The zero-order valence-corrected chi connectivity index (χ0v) is 17.9. The van der Waals surface area contributed by atoms with E-state index >= 15 is 0 Å². The topological polar surface area (TPSA) is 29.5 Å². The average Bonchev–Trinajstić information content (AvgIpc) is 2.76. The highest BCUT2D eigenvalue weighted by Gasteiger charge is 2.28. The fraction of sp³-hybridized carbons (Fsp3) is 0.240. The molecule has 0 amide bonds. The molecule has 0 spiro atoms. The van der Waals surface area contributed by atoms with Gasteiger partial charge in [0.15, 0.2) is 14.7 Å². The minimum Gasteiger partial charge on any atom is -0.465 e. The second kappa shape index (κ2) is 10.7. The van der Waals surface area contributed by atoms with Gasteiger partial charge in [0.1, 0.15) is 6.54 Å². The van der Waals surface area contributed by atoms with Gasteiger partial charge in [-0.1, -0.05) is 43.3 Å². The van der Waals surface area contributed by atoms with E-state index in [2.05, 4.69) is 96.8 Å². The first kappa shape index (κ1) is 21.0. The Hall–Kier alpha value is -2.72. The normalized spacial score (nSPS) is 10.7. The number of anilines is 1. The third-order valence-electron chi connectivity index (χ3n) is 4.51. The van der Waals surface area contributed by atoms with Gasteiger partial charge in [0.25, 0.3) is 0 Å². The lowest BCUT2D eigenvalue weighted by atomic mass is 10.2. The molecule has 4 heteroatoms. The first-order valence-electron chi connectivity index (χ1n) is 10.1. The molecular weight excluding hydrogens is 378 g/mol. The molecule has 0 N–H and O–H groups in total. The van der Waals surface area contributed by atoms with Crippen LogP contribution >= 0.6 is 0 Å². The van der Waals surface area contributed by atoms with Crippen molar-refractivity contribution >= 4 is 22.6 Å². The van der Waals surface area contributed by atoms with Crippen molar-refractivity contribution in [3.63, 3.8) is 0 Å². The predicted octanol–water partition coefficient (Wildman–Crippen LogP) is 5.56. The number of hydrogen-bond acceptors (Lipinski definition) is 3. The first-order valence-corrected chi connectivity index (χ1v) is 11.3. The number of rotatable bonds is 9. The summed E-state index contributed by atoms with van der Waals surface area (Å²) in [7, 11) is -0.164. The van der Waals surface area contributed by atoms with E-state index in [0.29, 0.717) is 6.61 Å². The summed E-state index contributed by atoms with van der Waals surface area (Å²) in [5.74, 6) is -0.182. The van der Waals surface area contributed by atoms with Crippen molar-refractivity contribution < 1.29 is 9.53 Å². The van der Waals surface area contributed by atoms with Crippen molar-refractivity contribution in [3.8, 4) is 0 Å². The Bertz CT molecular complexity index is 842. The summed E-state index contributed by atoms with van der Waals surface area (Å²) in [4.78, 5) is 17.9. The minimum atomic E-state index is -0.182. The Morgan fingerprint density at radius 1 is 0.793 bits per heavy atom. The van der Waals surface area contributed by atoms with Crippen LogP contribution in [0.25, 0.3) is 0 Å². The number of benzene rings is 3. The molecule has 0 aromatic heterocycles. The van der Waals surface area contributed by atoms with Gasteiger partial charge in [-0.25, -0.2) is 0 Å². The van der Waals surface area contributed by atoms with Gasteiger partial charge in [-0.15, -0.1) is 0 Å². The minimum absolute atomic E-state index is 0.164. The zero-order chi connectivity index (χ0) is 20.5. The largest absolute Gasteiger partial charge is 0.465 e. The van der Waals surface area contributed by atoms with Gasteiger partial charge in [-0.2, -0.15) is 0 Å². The van der Waals surface area contributed by atoms with Crippen molar-refractivity contribution in [2.45, 2.75) is 35.0 Å². The van der Waals surface area contributed by atoms with Crippen LogP contribution in [0.4, 0.5) is 5.69 Å². The maximum atomic E-state index is 12.0.